The van der Waals surface area contributed by atoms with Crippen LogP contribution >= 0.6 is 0 Å². The second-order valence-electron chi connectivity index (χ2n) is 5.00. The molecule has 0 aliphatic carbocycles. The predicted octanol–water partition coefficient (Wildman–Crippen LogP) is 4.49. The average Bonchev–Trinajstić information content (AvgIpc) is 2.48. The minimum atomic E-state index is -0.460. The van der Waals surface area contributed by atoms with Crippen molar-refractivity contribution >= 4 is 5.78 Å². The quantitative estimate of drug-likeness (QED) is 0.748. The van der Waals surface area contributed by atoms with Crippen LogP contribution in [0.2, 0.25) is 0 Å². The summed E-state index contributed by atoms with van der Waals surface area (Å²) < 4.78 is 13.8. The summed E-state index contributed by atoms with van der Waals surface area (Å²) in [5.74, 6) is -0.707. The average molecular weight is 270 g/mol. The van der Waals surface area contributed by atoms with Crippen LogP contribution in [-0.2, 0) is 12.8 Å². The summed E-state index contributed by atoms with van der Waals surface area (Å²) in [6, 6.07) is 10.3. The zero-order valence-electron chi connectivity index (χ0n) is 12.2. The highest BCUT2D eigenvalue weighted by Gasteiger charge is 2.15. The third-order valence-corrected chi connectivity index (χ3v) is 3.60. The summed E-state index contributed by atoms with van der Waals surface area (Å²) in [5, 5.41) is 0. The van der Waals surface area contributed by atoms with Crippen molar-refractivity contribution in [3.05, 3.63) is 70.0 Å². The largest absolute Gasteiger partial charge is 0.288 e. The Labute approximate surface area is 119 Å². The summed E-state index contributed by atoms with van der Waals surface area (Å²) in [6.45, 7) is 6.01. The van der Waals surface area contributed by atoms with Gasteiger partial charge in [-0.15, -0.1) is 0 Å². The first kappa shape index (κ1) is 14.4. The smallest absolute Gasteiger partial charge is 0.195 e. The van der Waals surface area contributed by atoms with E-state index in [9.17, 15) is 9.18 Å². The van der Waals surface area contributed by atoms with Crippen LogP contribution in [0.25, 0.3) is 0 Å². The minimum absolute atomic E-state index is 0.149. The van der Waals surface area contributed by atoms with Crippen LogP contribution < -0.4 is 0 Å². The number of benzene rings is 2. The van der Waals surface area contributed by atoms with Gasteiger partial charge in [-0.25, -0.2) is 4.39 Å². The Morgan fingerprint density at radius 1 is 1.00 bits per heavy atom. The fourth-order valence-electron chi connectivity index (χ4n) is 2.41. The van der Waals surface area contributed by atoms with Gasteiger partial charge in [0.2, 0.25) is 0 Å². The van der Waals surface area contributed by atoms with E-state index in [-0.39, 0.29) is 11.3 Å². The van der Waals surface area contributed by atoms with Crippen molar-refractivity contribution in [2.45, 2.75) is 33.6 Å². The van der Waals surface area contributed by atoms with Crippen molar-refractivity contribution in [3.63, 3.8) is 0 Å². The molecule has 0 aliphatic heterocycles. The molecule has 0 heterocycles. The molecular formula is C18H19FO. The molecule has 0 radical (unpaired) electrons. The Bertz CT molecular complexity index is 644. The third kappa shape index (κ3) is 2.79. The minimum Gasteiger partial charge on any atom is -0.288 e. The molecule has 2 heteroatoms. The molecule has 0 aliphatic rings. The van der Waals surface area contributed by atoms with Crippen molar-refractivity contribution in [1.29, 1.82) is 0 Å². The van der Waals surface area contributed by atoms with Gasteiger partial charge in [-0.3, -0.25) is 4.79 Å². The van der Waals surface area contributed by atoms with Crippen LogP contribution in [0.3, 0.4) is 0 Å². The Kier molecular flexibility index (Phi) is 4.33. The van der Waals surface area contributed by atoms with E-state index in [1.807, 2.05) is 19.1 Å². The molecule has 0 N–H and O–H groups in total. The van der Waals surface area contributed by atoms with Crippen LogP contribution in [0.4, 0.5) is 4.39 Å². The van der Waals surface area contributed by atoms with Gasteiger partial charge in [-0.05, 0) is 49.1 Å². The zero-order valence-corrected chi connectivity index (χ0v) is 12.2. The van der Waals surface area contributed by atoms with Crippen LogP contribution in [-0.4, -0.2) is 5.78 Å². The van der Waals surface area contributed by atoms with Crippen molar-refractivity contribution in [1.82, 2.24) is 0 Å². The lowest BCUT2D eigenvalue weighted by Crippen LogP contribution is -2.06. The van der Waals surface area contributed by atoms with Gasteiger partial charge >= 0.3 is 0 Å². The van der Waals surface area contributed by atoms with Crippen molar-refractivity contribution in [3.8, 4) is 0 Å². The molecule has 0 saturated heterocycles. The Morgan fingerprint density at radius 2 is 1.70 bits per heavy atom. The number of ketones is 1. The van der Waals surface area contributed by atoms with Gasteiger partial charge in [0.1, 0.15) is 5.82 Å². The highest BCUT2D eigenvalue weighted by molar-refractivity contribution is 6.09. The number of rotatable bonds is 4. The van der Waals surface area contributed by atoms with Crippen LogP contribution in [0.15, 0.2) is 36.4 Å². The monoisotopic (exact) mass is 270 g/mol. The summed E-state index contributed by atoms with van der Waals surface area (Å²) in [5.41, 5.74) is 4.00. The van der Waals surface area contributed by atoms with E-state index in [0.717, 1.165) is 24.0 Å². The molecule has 0 saturated carbocycles. The van der Waals surface area contributed by atoms with Crippen molar-refractivity contribution in [2.24, 2.45) is 0 Å². The van der Waals surface area contributed by atoms with Gasteiger partial charge in [0.05, 0.1) is 5.56 Å². The van der Waals surface area contributed by atoms with E-state index in [2.05, 4.69) is 13.8 Å². The number of carbonyl (C=O) groups excluding carboxylic acids is 1. The topological polar surface area (TPSA) is 17.1 Å². The molecule has 0 amide bonds. The third-order valence-electron chi connectivity index (χ3n) is 3.60. The molecule has 1 nitrogen and oxygen atoms in total. The van der Waals surface area contributed by atoms with Gasteiger partial charge in [-0.1, -0.05) is 37.6 Å². The van der Waals surface area contributed by atoms with E-state index in [0.29, 0.717) is 5.56 Å². The van der Waals surface area contributed by atoms with Gasteiger partial charge in [0, 0.05) is 5.56 Å². The lowest BCUT2D eigenvalue weighted by Gasteiger charge is -2.09. The Hall–Kier alpha value is -1.96. The SMILES string of the molecule is CCc1ccc(C(=O)c2cc(C)ccc2F)cc1CC. The van der Waals surface area contributed by atoms with Crippen LogP contribution in [0, 0.1) is 12.7 Å². The summed E-state index contributed by atoms with van der Waals surface area (Å²) >= 11 is 0. The van der Waals surface area contributed by atoms with E-state index < -0.39 is 5.82 Å². The van der Waals surface area contributed by atoms with E-state index in [1.165, 1.54) is 11.6 Å². The molecule has 0 fully saturated rings. The number of hydrogen-bond acceptors (Lipinski definition) is 1. The fourth-order valence-corrected chi connectivity index (χ4v) is 2.41. The fraction of sp³-hybridized carbons (Fsp3) is 0.278. The molecule has 2 aromatic carbocycles. The Balaban J connectivity index is 2.45. The van der Waals surface area contributed by atoms with E-state index >= 15 is 0 Å². The molecule has 0 spiro atoms. The summed E-state index contributed by atoms with van der Waals surface area (Å²) in [6.07, 6.45) is 1.82. The van der Waals surface area contributed by atoms with Gasteiger partial charge < -0.3 is 0 Å². The zero-order chi connectivity index (χ0) is 14.7. The lowest BCUT2D eigenvalue weighted by molar-refractivity contribution is 0.103. The van der Waals surface area contributed by atoms with Gasteiger partial charge in [-0.2, -0.15) is 0 Å². The van der Waals surface area contributed by atoms with Gasteiger partial charge in [0.25, 0.3) is 0 Å². The van der Waals surface area contributed by atoms with Crippen LogP contribution in [0.5, 0.6) is 0 Å². The Morgan fingerprint density at radius 3 is 2.35 bits per heavy atom. The summed E-state index contributed by atoms with van der Waals surface area (Å²) in [4.78, 5) is 12.4. The summed E-state index contributed by atoms with van der Waals surface area (Å²) in [7, 11) is 0. The van der Waals surface area contributed by atoms with Crippen molar-refractivity contribution in [2.75, 3.05) is 0 Å². The molecule has 0 bridgehead atoms. The molecule has 0 atom stereocenters. The van der Waals surface area contributed by atoms with Crippen LogP contribution in [0.1, 0.15) is 46.5 Å². The normalized spacial score (nSPS) is 10.6. The second kappa shape index (κ2) is 6.00. The standard InChI is InChI=1S/C18H19FO/c1-4-13-7-8-15(11-14(13)5-2)18(20)16-10-12(3)6-9-17(16)19/h6-11H,4-5H2,1-3H3. The lowest BCUT2D eigenvalue weighted by atomic mass is 9.95. The molecule has 2 rings (SSSR count). The number of carbonyl (C=O) groups is 1. The number of hydrogen-bond donors (Lipinski definition) is 0. The number of halogens is 1. The molecular weight excluding hydrogens is 251 g/mol. The first-order valence-electron chi connectivity index (χ1n) is 6.99. The maximum absolute atomic E-state index is 13.8. The molecule has 2 aromatic rings. The second-order valence-corrected chi connectivity index (χ2v) is 5.00. The maximum atomic E-state index is 13.8. The highest BCUT2D eigenvalue weighted by atomic mass is 19.1. The molecule has 104 valence electrons. The predicted molar refractivity (Wildman–Crippen MR) is 79.8 cm³/mol. The van der Waals surface area contributed by atoms with Crippen molar-refractivity contribution < 1.29 is 9.18 Å². The number of aryl methyl sites for hydroxylation is 3. The molecule has 20 heavy (non-hydrogen) atoms. The maximum Gasteiger partial charge on any atom is 0.195 e. The van der Waals surface area contributed by atoms with E-state index in [1.54, 1.807) is 18.2 Å². The highest BCUT2D eigenvalue weighted by Crippen LogP contribution is 2.19. The molecule has 0 unspecified atom stereocenters. The first-order chi connectivity index (χ1) is 9.56. The first-order valence-corrected chi connectivity index (χ1v) is 6.99. The molecule has 0 aromatic heterocycles. The van der Waals surface area contributed by atoms with E-state index in [4.69, 9.17) is 0 Å². The van der Waals surface area contributed by atoms with Gasteiger partial charge in [0.15, 0.2) is 5.78 Å².